The summed E-state index contributed by atoms with van der Waals surface area (Å²) < 4.78 is 5.93. The van der Waals surface area contributed by atoms with Crippen LogP contribution in [0.15, 0.2) is 66.7 Å². The fraction of sp³-hybridized carbons (Fsp3) is 0.259. The van der Waals surface area contributed by atoms with Crippen molar-refractivity contribution in [2.24, 2.45) is 0 Å². The van der Waals surface area contributed by atoms with Gasteiger partial charge in [-0.05, 0) is 71.0 Å². The highest BCUT2D eigenvalue weighted by atomic mass is 16.5. The number of hydrogen-bond acceptors (Lipinski definition) is 3. The van der Waals surface area contributed by atoms with Crippen molar-refractivity contribution in [3.05, 3.63) is 89.0 Å². The Morgan fingerprint density at radius 1 is 0.742 bits per heavy atom. The molecule has 2 amide bonds. The summed E-state index contributed by atoms with van der Waals surface area (Å²) in [6, 6.07) is 20.6. The summed E-state index contributed by atoms with van der Waals surface area (Å²) in [6.45, 7) is 10.6. The highest BCUT2D eigenvalue weighted by Gasteiger charge is 2.36. The Balaban J connectivity index is 1.53. The summed E-state index contributed by atoms with van der Waals surface area (Å²) in [6.07, 6.45) is 0. The van der Waals surface area contributed by atoms with Gasteiger partial charge < -0.3 is 4.74 Å². The number of nitrogens with zero attached hydrogens (tertiary/aromatic N) is 1. The Bertz CT molecular complexity index is 1140. The smallest absolute Gasteiger partial charge is 0.266 e. The van der Waals surface area contributed by atoms with Crippen LogP contribution in [0.5, 0.6) is 11.5 Å². The minimum absolute atomic E-state index is 0.0858. The van der Waals surface area contributed by atoms with Crippen molar-refractivity contribution in [2.45, 2.75) is 46.0 Å². The van der Waals surface area contributed by atoms with Crippen LogP contribution in [0.25, 0.3) is 0 Å². The molecular weight excluding hydrogens is 386 g/mol. The average molecular weight is 414 g/mol. The third-order valence-corrected chi connectivity index (χ3v) is 5.63. The summed E-state index contributed by atoms with van der Waals surface area (Å²) in [4.78, 5) is 27.0. The van der Waals surface area contributed by atoms with Gasteiger partial charge in [-0.15, -0.1) is 0 Å². The van der Waals surface area contributed by atoms with Crippen molar-refractivity contribution in [1.82, 2.24) is 0 Å². The largest absolute Gasteiger partial charge is 0.457 e. The van der Waals surface area contributed by atoms with Crippen molar-refractivity contribution < 1.29 is 14.3 Å². The molecule has 0 saturated carbocycles. The second kappa shape index (κ2) is 7.69. The minimum Gasteiger partial charge on any atom is -0.457 e. The van der Waals surface area contributed by atoms with E-state index >= 15 is 0 Å². The lowest BCUT2D eigenvalue weighted by Gasteiger charge is -2.19. The first-order valence-corrected chi connectivity index (χ1v) is 10.6. The molecule has 0 aliphatic carbocycles. The Labute approximate surface area is 183 Å². The molecule has 0 spiro atoms. The van der Waals surface area contributed by atoms with E-state index < -0.39 is 0 Å². The number of ether oxygens (including phenoxy) is 1. The molecule has 158 valence electrons. The average Bonchev–Trinajstić information content (AvgIpc) is 2.98. The maximum atomic E-state index is 12.9. The molecule has 0 aromatic heterocycles. The molecule has 0 bridgehead atoms. The van der Waals surface area contributed by atoms with Gasteiger partial charge in [0.1, 0.15) is 11.5 Å². The maximum Gasteiger partial charge on any atom is 0.266 e. The van der Waals surface area contributed by atoms with Gasteiger partial charge in [0.15, 0.2) is 0 Å². The lowest BCUT2D eigenvalue weighted by Crippen LogP contribution is -2.29. The van der Waals surface area contributed by atoms with Gasteiger partial charge in [-0.2, -0.15) is 0 Å². The zero-order valence-corrected chi connectivity index (χ0v) is 18.6. The fourth-order valence-corrected chi connectivity index (χ4v) is 3.67. The third kappa shape index (κ3) is 3.98. The molecule has 3 aromatic rings. The standard InChI is InChI=1S/C27H27NO3/c1-17(2)18-6-15-23-24(16-18)26(30)28(25(23)29)20-9-13-22(14-10-20)31-21-11-7-19(8-12-21)27(3,4)5/h6-17H,1-5H3. The molecule has 1 aliphatic rings. The highest BCUT2D eigenvalue weighted by Crippen LogP contribution is 2.33. The van der Waals surface area contributed by atoms with Crippen LogP contribution in [0, 0.1) is 0 Å². The van der Waals surface area contributed by atoms with Crippen molar-refractivity contribution >= 4 is 17.5 Å². The van der Waals surface area contributed by atoms with Crippen molar-refractivity contribution in [2.75, 3.05) is 4.90 Å². The number of anilines is 1. The van der Waals surface area contributed by atoms with E-state index in [1.54, 1.807) is 30.3 Å². The summed E-state index contributed by atoms with van der Waals surface area (Å²) in [5, 5.41) is 0. The van der Waals surface area contributed by atoms with Crippen LogP contribution >= 0.6 is 0 Å². The van der Waals surface area contributed by atoms with E-state index in [1.165, 1.54) is 10.5 Å². The number of carbonyl (C=O) groups is 2. The van der Waals surface area contributed by atoms with E-state index in [0.717, 1.165) is 11.3 Å². The number of fused-ring (bicyclic) bond motifs is 1. The number of amides is 2. The molecule has 1 aliphatic heterocycles. The SMILES string of the molecule is CC(C)c1ccc2c(c1)C(=O)N(c1ccc(Oc3ccc(C(C)(C)C)cc3)cc1)C2=O. The van der Waals surface area contributed by atoms with Crippen LogP contribution in [0.1, 0.15) is 72.4 Å². The topological polar surface area (TPSA) is 46.6 Å². The van der Waals surface area contributed by atoms with Crippen LogP contribution in [0.4, 0.5) is 5.69 Å². The van der Waals surface area contributed by atoms with Gasteiger partial charge in [-0.1, -0.05) is 52.8 Å². The molecule has 31 heavy (non-hydrogen) atoms. The third-order valence-electron chi connectivity index (χ3n) is 5.63. The number of hydrogen-bond donors (Lipinski definition) is 0. The maximum absolute atomic E-state index is 12.9. The molecule has 3 aromatic carbocycles. The Morgan fingerprint density at radius 2 is 1.29 bits per heavy atom. The second-order valence-electron chi connectivity index (χ2n) is 9.28. The predicted octanol–water partition coefficient (Wildman–Crippen LogP) is 6.70. The van der Waals surface area contributed by atoms with Crippen LogP contribution in [-0.4, -0.2) is 11.8 Å². The zero-order valence-electron chi connectivity index (χ0n) is 18.6. The molecule has 1 heterocycles. The van der Waals surface area contributed by atoms with Gasteiger partial charge in [-0.3, -0.25) is 9.59 Å². The van der Waals surface area contributed by atoms with Crippen molar-refractivity contribution in [3.63, 3.8) is 0 Å². The van der Waals surface area contributed by atoms with Crippen LogP contribution in [0.2, 0.25) is 0 Å². The Kier molecular flexibility index (Phi) is 5.18. The number of imide groups is 1. The molecule has 0 N–H and O–H groups in total. The van der Waals surface area contributed by atoms with Gasteiger partial charge in [0.2, 0.25) is 0 Å². The molecule has 0 atom stereocenters. The van der Waals surface area contributed by atoms with Crippen LogP contribution < -0.4 is 9.64 Å². The first-order valence-electron chi connectivity index (χ1n) is 10.6. The normalized spacial score (nSPS) is 13.7. The predicted molar refractivity (Wildman–Crippen MR) is 123 cm³/mol. The summed E-state index contributed by atoms with van der Waals surface area (Å²) in [5.41, 5.74) is 3.82. The fourth-order valence-electron chi connectivity index (χ4n) is 3.67. The second-order valence-corrected chi connectivity index (χ2v) is 9.28. The lowest BCUT2D eigenvalue weighted by molar-refractivity contribution is 0.0926. The number of rotatable bonds is 4. The molecule has 4 nitrogen and oxygen atoms in total. The van der Waals surface area contributed by atoms with Crippen LogP contribution in [-0.2, 0) is 5.41 Å². The summed E-state index contributed by atoms with van der Waals surface area (Å²) in [7, 11) is 0. The van der Waals surface area contributed by atoms with Gasteiger partial charge in [0, 0.05) is 0 Å². The monoisotopic (exact) mass is 413 g/mol. The molecule has 0 fully saturated rings. The van der Waals surface area contributed by atoms with Crippen molar-refractivity contribution in [3.8, 4) is 11.5 Å². The van der Waals surface area contributed by atoms with Crippen molar-refractivity contribution in [1.29, 1.82) is 0 Å². The molecule has 0 unspecified atom stereocenters. The van der Waals surface area contributed by atoms with E-state index in [9.17, 15) is 9.59 Å². The highest BCUT2D eigenvalue weighted by molar-refractivity contribution is 6.34. The van der Waals surface area contributed by atoms with E-state index in [0.29, 0.717) is 22.6 Å². The van der Waals surface area contributed by atoms with E-state index in [-0.39, 0.29) is 23.1 Å². The molecule has 0 saturated heterocycles. The minimum atomic E-state index is -0.290. The Morgan fingerprint density at radius 3 is 1.84 bits per heavy atom. The first kappa shape index (κ1) is 20.9. The first-order chi connectivity index (χ1) is 14.6. The molecular formula is C27H27NO3. The molecule has 0 radical (unpaired) electrons. The molecule has 4 heteroatoms. The van der Waals surface area contributed by atoms with Gasteiger partial charge in [0.05, 0.1) is 16.8 Å². The summed E-state index contributed by atoms with van der Waals surface area (Å²) >= 11 is 0. The summed E-state index contributed by atoms with van der Waals surface area (Å²) in [5.74, 6) is 1.10. The van der Waals surface area contributed by atoms with Gasteiger partial charge in [0.25, 0.3) is 11.8 Å². The van der Waals surface area contributed by atoms with E-state index in [2.05, 4.69) is 46.8 Å². The van der Waals surface area contributed by atoms with E-state index in [4.69, 9.17) is 4.74 Å². The lowest BCUT2D eigenvalue weighted by atomic mass is 9.87. The van der Waals surface area contributed by atoms with E-state index in [1.807, 2.05) is 24.3 Å². The number of carbonyl (C=O) groups excluding carboxylic acids is 2. The van der Waals surface area contributed by atoms with Crippen LogP contribution in [0.3, 0.4) is 0 Å². The van der Waals surface area contributed by atoms with Gasteiger partial charge >= 0.3 is 0 Å². The zero-order chi connectivity index (χ0) is 22.3. The quantitative estimate of drug-likeness (QED) is 0.447. The Hall–Kier alpha value is -3.40. The molecule has 4 rings (SSSR count). The van der Waals surface area contributed by atoms with Gasteiger partial charge in [-0.25, -0.2) is 4.90 Å². The number of benzene rings is 3.